The molecule has 1 saturated carbocycles. The first-order valence-corrected chi connectivity index (χ1v) is 6.45. The summed E-state index contributed by atoms with van der Waals surface area (Å²) in [7, 11) is 1.88. The van der Waals surface area contributed by atoms with E-state index in [0.29, 0.717) is 18.2 Å². The lowest BCUT2D eigenvalue weighted by Gasteiger charge is -2.34. The van der Waals surface area contributed by atoms with E-state index >= 15 is 0 Å². The molecule has 0 saturated heterocycles. The molecule has 5 heteroatoms. The SMILES string of the molecule is CN(CC(=O)Nc1ccc(F)cc1)CC1CC(O)C1. The molecule has 1 aliphatic rings. The minimum absolute atomic E-state index is 0.117. The first-order valence-electron chi connectivity index (χ1n) is 6.45. The first-order chi connectivity index (χ1) is 9.02. The van der Waals surface area contributed by atoms with Gasteiger partial charge in [-0.05, 0) is 50.1 Å². The summed E-state index contributed by atoms with van der Waals surface area (Å²) in [6.45, 7) is 1.11. The molecule has 0 spiro atoms. The summed E-state index contributed by atoms with van der Waals surface area (Å²) in [6.07, 6.45) is 1.49. The largest absolute Gasteiger partial charge is 0.393 e. The van der Waals surface area contributed by atoms with Crippen molar-refractivity contribution in [2.45, 2.75) is 18.9 Å². The van der Waals surface area contributed by atoms with Crippen molar-refractivity contribution < 1.29 is 14.3 Å². The number of aliphatic hydroxyl groups is 1. The maximum absolute atomic E-state index is 12.7. The summed E-state index contributed by atoms with van der Waals surface area (Å²) < 4.78 is 12.7. The van der Waals surface area contributed by atoms with E-state index in [-0.39, 0.29) is 17.8 Å². The number of rotatable bonds is 5. The third-order valence-electron chi connectivity index (χ3n) is 3.32. The fourth-order valence-electron chi connectivity index (χ4n) is 2.33. The van der Waals surface area contributed by atoms with Crippen LogP contribution in [0.2, 0.25) is 0 Å². The van der Waals surface area contributed by atoms with E-state index in [0.717, 1.165) is 19.4 Å². The van der Waals surface area contributed by atoms with Crippen LogP contribution < -0.4 is 5.32 Å². The van der Waals surface area contributed by atoms with E-state index in [4.69, 9.17) is 0 Å². The molecule has 1 fully saturated rings. The minimum Gasteiger partial charge on any atom is -0.393 e. The second kappa shape index (κ2) is 6.12. The maximum Gasteiger partial charge on any atom is 0.238 e. The molecular weight excluding hydrogens is 247 g/mol. The Morgan fingerprint density at radius 3 is 2.63 bits per heavy atom. The molecule has 0 bridgehead atoms. The van der Waals surface area contributed by atoms with E-state index < -0.39 is 0 Å². The van der Waals surface area contributed by atoms with Crippen molar-refractivity contribution in [1.29, 1.82) is 0 Å². The van der Waals surface area contributed by atoms with Gasteiger partial charge in [0.05, 0.1) is 12.6 Å². The van der Waals surface area contributed by atoms with Gasteiger partial charge < -0.3 is 10.4 Å². The molecule has 0 radical (unpaired) electrons. The van der Waals surface area contributed by atoms with Gasteiger partial charge in [0.25, 0.3) is 0 Å². The molecule has 2 N–H and O–H groups in total. The number of carbonyl (C=O) groups is 1. The van der Waals surface area contributed by atoms with Gasteiger partial charge >= 0.3 is 0 Å². The van der Waals surface area contributed by atoms with Gasteiger partial charge in [0.2, 0.25) is 5.91 Å². The molecule has 0 unspecified atom stereocenters. The van der Waals surface area contributed by atoms with Crippen LogP contribution in [0.5, 0.6) is 0 Å². The van der Waals surface area contributed by atoms with Gasteiger partial charge in [-0.2, -0.15) is 0 Å². The lowest BCUT2D eigenvalue weighted by molar-refractivity contribution is -0.117. The number of benzene rings is 1. The molecule has 1 aromatic rings. The molecule has 0 aromatic heterocycles. The lowest BCUT2D eigenvalue weighted by atomic mass is 9.82. The fraction of sp³-hybridized carbons (Fsp3) is 0.500. The fourth-order valence-corrected chi connectivity index (χ4v) is 2.33. The van der Waals surface area contributed by atoms with Crippen LogP contribution in [-0.2, 0) is 4.79 Å². The summed E-state index contributed by atoms with van der Waals surface area (Å²) >= 11 is 0. The molecule has 0 atom stereocenters. The normalized spacial score (nSPS) is 22.1. The van der Waals surface area contributed by atoms with Gasteiger partial charge in [0, 0.05) is 12.2 Å². The lowest BCUT2D eigenvalue weighted by Crippen LogP contribution is -2.39. The molecule has 0 aliphatic heterocycles. The molecule has 1 aromatic carbocycles. The Morgan fingerprint density at radius 1 is 1.42 bits per heavy atom. The van der Waals surface area contributed by atoms with E-state index in [1.54, 1.807) is 0 Å². The number of nitrogens with one attached hydrogen (secondary N) is 1. The number of likely N-dealkylation sites (N-methyl/N-ethyl adjacent to an activating group) is 1. The summed E-state index contributed by atoms with van der Waals surface area (Å²) in [5.41, 5.74) is 0.596. The second-order valence-electron chi connectivity index (χ2n) is 5.24. The standard InChI is InChI=1S/C14H19FN2O2/c1-17(8-10-6-13(18)7-10)9-14(19)16-12-4-2-11(15)3-5-12/h2-5,10,13,18H,6-9H2,1H3,(H,16,19). The zero-order valence-electron chi connectivity index (χ0n) is 11.0. The molecule has 1 amide bonds. The molecule has 104 valence electrons. The zero-order chi connectivity index (χ0) is 13.8. The van der Waals surface area contributed by atoms with Crippen molar-refractivity contribution in [2.75, 3.05) is 25.5 Å². The Balaban J connectivity index is 1.72. The van der Waals surface area contributed by atoms with Crippen molar-refractivity contribution in [3.05, 3.63) is 30.1 Å². The number of aliphatic hydroxyl groups excluding tert-OH is 1. The maximum atomic E-state index is 12.7. The quantitative estimate of drug-likeness (QED) is 0.848. The predicted molar refractivity (Wildman–Crippen MR) is 71.3 cm³/mol. The van der Waals surface area contributed by atoms with E-state index in [2.05, 4.69) is 5.32 Å². The second-order valence-corrected chi connectivity index (χ2v) is 5.24. The van der Waals surface area contributed by atoms with Crippen LogP contribution in [0.4, 0.5) is 10.1 Å². The van der Waals surface area contributed by atoms with Crippen molar-refractivity contribution in [1.82, 2.24) is 4.90 Å². The summed E-state index contributed by atoms with van der Waals surface area (Å²) in [5, 5.41) is 11.9. The minimum atomic E-state index is -0.321. The Bertz CT molecular complexity index is 430. The van der Waals surface area contributed by atoms with Gasteiger partial charge in [0.15, 0.2) is 0 Å². The van der Waals surface area contributed by atoms with E-state index in [1.807, 2.05) is 11.9 Å². The summed E-state index contributed by atoms with van der Waals surface area (Å²) in [4.78, 5) is 13.7. The van der Waals surface area contributed by atoms with Crippen LogP contribution in [0.1, 0.15) is 12.8 Å². The van der Waals surface area contributed by atoms with E-state index in [1.165, 1.54) is 24.3 Å². The molecule has 1 aliphatic carbocycles. The number of carbonyl (C=O) groups excluding carboxylic acids is 1. The molecule has 4 nitrogen and oxygen atoms in total. The topological polar surface area (TPSA) is 52.6 Å². The van der Waals surface area contributed by atoms with Crippen molar-refractivity contribution in [3.8, 4) is 0 Å². The summed E-state index contributed by atoms with van der Waals surface area (Å²) in [6, 6.07) is 5.70. The highest BCUT2D eigenvalue weighted by atomic mass is 19.1. The van der Waals surface area contributed by atoms with Crippen LogP contribution in [0, 0.1) is 11.7 Å². The number of amides is 1. The van der Waals surface area contributed by atoms with Crippen LogP contribution >= 0.6 is 0 Å². The number of nitrogens with zero attached hydrogens (tertiary/aromatic N) is 1. The smallest absolute Gasteiger partial charge is 0.238 e. The third-order valence-corrected chi connectivity index (χ3v) is 3.32. The Labute approximate surface area is 112 Å². The van der Waals surface area contributed by atoms with Gasteiger partial charge in [-0.25, -0.2) is 4.39 Å². The van der Waals surface area contributed by atoms with E-state index in [9.17, 15) is 14.3 Å². The number of halogens is 1. The molecule has 0 heterocycles. The van der Waals surface area contributed by atoms with Crippen LogP contribution in [-0.4, -0.2) is 42.2 Å². The Hall–Kier alpha value is -1.46. The molecule has 19 heavy (non-hydrogen) atoms. The zero-order valence-corrected chi connectivity index (χ0v) is 11.0. The van der Waals surface area contributed by atoms with Crippen LogP contribution in [0.15, 0.2) is 24.3 Å². The summed E-state index contributed by atoms with van der Waals surface area (Å²) in [5.74, 6) is 0.0475. The highest BCUT2D eigenvalue weighted by Crippen LogP contribution is 2.27. The van der Waals surface area contributed by atoms with Gasteiger partial charge in [0.1, 0.15) is 5.82 Å². The van der Waals surface area contributed by atoms with Crippen LogP contribution in [0.3, 0.4) is 0 Å². The van der Waals surface area contributed by atoms with Crippen LogP contribution in [0.25, 0.3) is 0 Å². The van der Waals surface area contributed by atoms with Gasteiger partial charge in [-0.15, -0.1) is 0 Å². The monoisotopic (exact) mass is 266 g/mol. The number of anilines is 1. The number of hydrogen-bond acceptors (Lipinski definition) is 3. The first kappa shape index (κ1) is 14.0. The molecular formula is C14H19FN2O2. The Morgan fingerprint density at radius 2 is 2.05 bits per heavy atom. The Kier molecular flexibility index (Phi) is 4.50. The van der Waals surface area contributed by atoms with Crippen molar-refractivity contribution in [3.63, 3.8) is 0 Å². The predicted octanol–water partition coefficient (Wildman–Crippen LogP) is 1.47. The molecule has 2 rings (SSSR count). The average molecular weight is 266 g/mol. The highest BCUT2D eigenvalue weighted by Gasteiger charge is 2.28. The van der Waals surface area contributed by atoms with Crippen molar-refractivity contribution in [2.24, 2.45) is 5.92 Å². The van der Waals surface area contributed by atoms with Gasteiger partial charge in [-0.3, -0.25) is 9.69 Å². The van der Waals surface area contributed by atoms with Crippen molar-refractivity contribution >= 4 is 11.6 Å². The highest BCUT2D eigenvalue weighted by molar-refractivity contribution is 5.92. The average Bonchev–Trinajstić information content (AvgIpc) is 2.30. The third kappa shape index (κ3) is 4.29. The van der Waals surface area contributed by atoms with Gasteiger partial charge in [-0.1, -0.05) is 0 Å². The number of hydrogen-bond donors (Lipinski definition) is 2.